The number of aromatic carboxylic acids is 1. The molecule has 1 aliphatic heterocycles. The molecule has 0 saturated carbocycles. The number of nitrogens with zero attached hydrogens (tertiary/aromatic N) is 1. The first-order chi connectivity index (χ1) is 23.3. The predicted molar refractivity (Wildman–Crippen MR) is 178 cm³/mol. The summed E-state index contributed by atoms with van der Waals surface area (Å²) in [4.78, 5) is 39.4. The summed E-state index contributed by atoms with van der Waals surface area (Å²) >= 11 is 1.33. The van der Waals surface area contributed by atoms with E-state index in [-0.39, 0.29) is 43.1 Å². The minimum Gasteiger partial charge on any atom is -0.478 e. The summed E-state index contributed by atoms with van der Waals surface area (Å²) in [6.07, 6.45) is 1.39. The molecule has 5 N–H and O–H groups in total. The number of aromatic nitrogens is 1. The number of ether oxygens (including phenoxy) is 2. The number of nitrogens with one attached hydrogen (secondary N) is 2. The van der Waals surface area contributed by atoms with Crippen LogP contribution in [0.25, 0.3) is 11.1 Å². The van der Waals surface area contributed by atoms with Crippen molar-refractivity contribution in [2.75, 3.05) is 5.75 Å². The molecule has 1 saturated heterocycles. The fraction of sp³-hybridized carbons (Fsp3) is 0.278. The van der Waals surface area contributed by atoms with Crippen LogP contribution in [-0.4, -0.2) is 50.0 Å². The van der Waals surface area contributed by atoms with Crippen molar-refractivity contribution < 1.29 is 39.3 Å². The smallest absolute Gasteiger partial charge is 0.338 e. The summed E-state index contributed by atoms with van der Waals surface area (Å²) in [5.41, 5.74) is 7.04. The van der Waals surface area contributed by atoms with Crippen molar-refractivity contribution in [2.45, 2.75) is 62.4 Å². The average molecular weight is 672 g/mol. The Bertz CT molecular complexity index is 1720. The van der Waals surface area contributed by atoms with Gasteiger partial charge in [-0.1, -0.05) is 60.7 Å². The van der Waals surface area contributed by atoms with E-state index in [0.29, 0.717) is 30.2 Å². The van der Waals surface area contributed by atoms with Gasteiger partial charge in [-0.05, 0) is 58.5 Å². The normalized spacial score (nSPS) is 17.4. The highest BCUT2D eigenvalue weighted by molar-refractivity contribution is 7.99. The highest BCUT2D eigenvalue weighted by Gasteiger charge is 2.33. The second kappa shape index (κ2) is 17.0. The average Bonchev–Trinajstić information content (AvgIpc) is 3.13. The molecule has 0 unspecified atom stereocenters. The van der Waals surface area contributed by atoms with Gasteiger partial charge in [-0.15, -0.1) is 11.8 Å². The molecule has 1 aromatic heterocycles. The number of hydroxylamine groups is 1. The van der Waals surface area contributed by atoms with E-state index in [1.807, 2.05) is 72.8 Å². The molecule has 0 aliphatic carbocycles. The Kier molecular flexibility index (Phi) is 12.3. The van der Waals surface area contributed by atoms with Gasteiger partial charge in [0.2, 0.25) is 11.8 Å². The first kappa shape index (κ1) is 34.7. The maximum absolute atomic E-state index is 12.2. The van der Waals surface area contributed by atoms with Gasteiger partial charge in [0.05, 0.1) is 24.4 Å². The van der Waals surface area contributed by atoms with Crippen molar-refractivity contribution in [3.63, 3.8) is 0 Å². The van der Waals surface area contributed by atoms with Crippen molar-refractivity contribution in [1.29, 1.82) is 0 Å². The molecule has 0 radical (unpaired) electrons. The van der Waals surface area contributed by atoms with Crippen LogP contribution in [-0.2, 0) is 32.2 Å². The monoisotopic (exact) mass is 671 g/mol. The standard InChI is InChI=1S/C36H37N3O8S/c40-21-23-12-14-25(15-13-23)31-19-29(22-48-34-30(35(43)44)9-4-16-37-34)46-36(47-31)28-8-2-7-27(18-28)26-6-1-5-24(17-26)20-38-32(41)10-3-11-33(42)39-45/h1-2,4-9,12-18,29,31,36,40,45H,3,10-11,19-22H2,(H,38,41)(H,39,42)(H,43,44)/t29-,31+,36+/m0/s1. The Balaban J connectivity index is 1.31. The number of hydrogen-bond donors (Lipinski definition) is 5. The molecular weight excluding hydrogens is 634 g/mol. The second-order valence-electron chi connectivity index (χ2n) is 11.3. The van der Waals surface area contributed by atoms with E-state index in [1.165, 1.54) is 17.8 Å². The second-order valence-corrected chi connectivity index (χ2v) is 12.3. The molecule has 1 aliphatic rings. The Labute approximate surface area is 282 Å². The summed E-state index contributed by atoms with van der Waals surface area (Å²) in [6, 6.07) is 26.5. The molecule has 0 bridgehead atoms. The largest absolute Gasteiger partial charge is 0.478 e. The van der Waals surface area contributed by atoms with Gasteiger partial charge < -0.3 is 25.0 Å². The van der Waals surface area contributed by atoms with Crippen LogP contribution in [0.15, 0.2) is 96.2 Å². The van der Waals surface area contributed by atoms with E-state index in [2.05, 4.69) is 10.3 Å². The lowest BCUT2D eigenvalue weighted by atomic mass is 9.99. The molecule has 1 fully saturated rings. The van der Waals surface area contributed by atoms with Crippen LogP contribution in [0.1, 0.15) is 70.7 Å². The molecule has 3 aromatic carbocycles. The zero-order valence-corrected chi connectivity index (χ0v) is 26.9. The molecule has 11 nitrogen and oxygen atoms in total. The van der Waals surface area contributed by atoms with Crippen molar-refractivity contribution in [3.05, 3.63) is 119 Å². The van der Waals surface area contributed by atoms with E-state index in [9.17, 15) is 24.6 Å². The number of amides is 2. The fourth-order valence-corrected chi connectivity index (χ4v) is 6.35. The van der Waals surface area contributed by atoms with Crippen LogP contribution < -0.4 is 10.8 Å². The zero-order chi connectivity index (χ0) is 33.9. The third-order valence-corrected chi connectivity index (χ3v) is 9.00. The highest BCUT2D eigenvalue weighted by Crippen LogP contribution is 2.40. The third-order valence-electron chi connectivity index (χ3n) is 7.86. The van der Waals surface area contributed by atoms with Crippen LogP contribution in [0.3, 0.4) is 0 Å². The molecule has 5 rings (SSSR count). The molecular formula is C36H37N3O8S. The lowest BCUT2D eigenvalue weighted by Crippen LogP contribution is -2.31. The number of thioether (sulfide) groups is 1. The maximum atomic E-state index is 12.2. The Morgan fingerprint density at radius 1 is 0.854 bits per heavy atom. The molecule has 3 atom stereocenters. The Hall–Kier alpha value is -4.59. The quantitative estimate of drug-likeness (QED) is 0.0650. The molecule has 0 spiro atoms. The van der Waals surface area contributed by atoms with Gasteiger partial charge >= 0.3 is 5.97 Å². The summed E-state index contributed by atoms with van der Waals surface area (Å²) in [5.74, 6) is -1.28. The van der Waals surface area contributed by atoms with Crippen molar-refractivity contribution in [2.24, 2.45) is 0 Å². The van der Waals surface area contributed by atoms with E-state index in [0.717, 1.165) is 33.4 Å². The molecule has 2 amide bonds. The van der Waals surface area contributed by atoms with E-state index >= 15 is 0 Å². The number of pyridine rings is 1. The lowest BCUT2D eigenvalue weighted by molar-refractivity contribution is -0.245. The third kappa shape index (κ3) is 9.49. The fourth-order valence-electron chi connectivity index (χ4n) is 5.34. The number of hydrogen-bond acceptors (Lipinski definition) is 9. The lowest BCUT2D eigenvalue weighted by Gasteiger charge is -2.36. The topological polar surface area (TPSA) is 167 Å². The SMILES string of the molecule is O=C(CCCC(=O)NCc1cccc(-c2cccc([C@@H]3O[C@H](CSc4ncccc4C(=O)O)C[C@H](c4ccc(CO)cc4)O3)c2)c1)NO. The minimum absolute atomic E-state index is 0.0569. The summed E-state index contributed by atoms with van der Waals surface area (Å²) in [5, 5.41) is 31.0. The molecule has 4 aromatic rings. The Morgan fingerprint density at radius 2 is 1.60 bits per heavy atom. The predicted octanol–water partition coefficient (Wildman–Crippen LogP) is 5.57. The zero-order valence-electron chi connectivity index (χ0n) is 26.1. The van der Waals surface area contributed by atoms with Crippen LogP contribution in [0.2, 0.25) is 0 Å². The van der Waals surface area contributed by atoms with Crippen LogP contribution in [0.5, 0.6) is 0 Å². The number of carbonyl (C=O) groups excluding carboxylic acids is 2. The molecule has 2 heterocycles. The number of rotatable bonds is 14. The van der Waals surface area contributed by atoms with Gasteiger partial charge in [-0.3, -0.25) is 14.8 Å². The summed E-state index contributed by atoms with van der Waals surface area (Å²) < 4.78 is 13.0. The van der Waals surface area contributed by atoms with E-state index in [1.54, 1.807) is 17.7 Å². The number of carbonyl (C=O) groups is 3. The number of aliphatic hydroxyl groups is 1. The first-order valence-corrected chi connectivity index (χ1v) is 16.5. The molecule has 12 heteroatoms. The number of aliphatic hydroxyl groups excluding tert-OH is 1. The van der Waals surface area contributed by atoms with Crippen molar-refractivity contribution >= 4 is 29.5 Å². The van der Waals surface area contributed by atoms with Crippen molar-refractivity contribution in [1.82, 2.24) is 15.8 Å². The summed E-state index contributed by atoms with van der Waals surface area (Å²) in [6.45, 7) is 0.266. The molecule has 48 heavy (non-hydrogen) atoms. The maximum Gasteiger partial charge on any atom is 0.338 e. The van der Waals surface area contributed by atoms with Crippen LogP contribution >= 0.6 is 11.8 Å². The first-order valence-electron chi connectivity index (χ1n) is 15.5. The minimum atomic E-state index is -1.04. The van der Waals surface area contributed by atoms with Gasteiger partial charge in [0.15, 0.2) is 6.29 Å². The number of benzene rings is 3. The van der Waals surface area contributed by atoms with Crippen LogP contribution in [0, 0.1) is 0 Å². The summed E-state index contributed by atoms with van der Waals surface area (Å²) in [7, 11) is 0. The molecule has 250 valence electrons. The van der Waals surface area contributed by atoms with Gasteiger partial charge in [-0.2, -0.15) is 0 Å². The van der Waals surface area contributed by atoms with Crippen LogP contribution in [0.4, 0.5) is 0 Å². The van der Waals surface area contributed by atoms with Gasteiger partial charge in [-0.25, -0.2) is 15.3 Å². The van der Waals surface area contributed by atoms with Gasteiger partial charge in [0, 0.05) is 43.3 Å². The number of carboxylic acids is 1. The van der Waals surface area contributed by atoms with E-state index in [4.69, 9.17) is 14.7 Å². The van der Waals surface area contributed by atoms with Gasteiger partial charge in [0.1, 0.15) is 5.03 Å². The van der Waals surface area contributed by atoms with E-state index < -0.39 is 18.2 Å². The van der Waals surface area contributed by atoms with Gasteiger partial charge in [0.25, 0.3) is 0 Å². The highest BCUT2D eigenvalue weighted by atomic mass is 32.2. The van der Waals surface area contributed by atoms with Crippen molar-refractivity contribution in [3.8, 4) is 11.1 Å². The Morgan fingerprint density at radius 3 is 2.35 bits per heavy atom. The number of carboxylic acid groups (broad SMARTS) is 1.